The Bertz CT molecular complexity index is 545. The van der Waals surface area contributed by atoms with Gasteiger partial charge in [-0.25, -0.2) is 4.98 Å². The minimum absolute atomic E-state index is 0.709. The molecule has 2 N–H and O–H groups in total. The minimum Gasteiger partial charge on any atom is -0.272 e. The van der Waals surface area contributed by atoms with E-state index in [9.17, 15) is 0 Å². The molecule has 1 aliphatic carbocycles. The van der Waals surface area contributed by atoms with Gasteiger partial charge < -0.3 is 0 Å². The number of benzene rings is 1. The maximum absolute atomic E-state index is 5.59. The fourth-order valence-electron chi connectivity index (χ4n) is 2.93. The van der Waals surface area contributed by atoms with Gasteiger partial charge >= 0.3 is 0 Å². The summed E-state index contributed by atoms with van der Waals surface area (Å²) in [5.41, 5.74) is 3.85. The van der Waals surface area contributed by atoms with Gasteiger partial charge in [-0.05, 0) is 36.3 Å². The number of rotatable bonds is 3. The first-order chi connectivity index (χ1) is 9.38. The van der Waals surface area contributed by atoms with Crippen LogP contribution in [0.25, 0.3) is 11.3 Å². The van der Waals surface area contributed by atoms with Crippen molar-refractivity contribution >= 4 is 23.3 Å². The van der Waals surface area contributed by atoms with E-state index in [1.807, 2.05) is 0 Å². The third kappa shape index (κ3) is 2.86. The van der Waals surface area contributed by atoms with E-state index < -0.39 is 0 Å². The molecule has 0 amide bonds. The Labute approximate surface area is 122 Å². The lowest BCUT2D eigenvalue weighted by Gasteiger charge is -2.23. The van der Waals surface area contributed by atoms with E-state index in [1.54, 1.807) is 11.3 Å². The molecule has 0 saturated heterocycles. The van der Waals surface area contributed by atoms with Crippen LogP contribution in [-0.2, 0) is 0 Å². The number of hydrogen-bond donors (Lipinski definition) is 1. The van der Waals surface area contributed by atoms with E-state index in [1.165, 1.54) is 55.2 Å². The molecule has 0 radical (unpaired) electrons. The normalized spacial score (nSPS) is 16.7. The molecule has 1 heterocycles. The standard InChI is InChI=1S/C15H18N2S2/c16-19-15-17-14(10-18-15)13-9-5-4-8-12(13)11-6-2-1-3-7-11/h4-5,8-11H,1-3,6-7,16H2. The molecule has 0 atom stereocenters. The van der Waals surface area contributed by atoms with Crippen LogP contribution in [0.2, 0.25) is 0 Å². The van der Waals surface area contributed by atoms with Crippen LogP contribution in [0.1, 0.15) is 43.6 Å². The predicted molar refractivity (Wildman–Crippen MR) is 83.4 cm³/mol. The van der Waals surface area contributed by atoms with Crippen LogP contribution in [0.15, 0.2) is 34.0 Å². The highest BCUT2D eigenvalue weighted by atomic mass is 32.2. The smallest absolute Gasteiger partial charge is 0.165 e. The lowest BCUT2D eigenvalue weighted by molar-refractivity contribution is 0.444. The van der Waals surface area contributed by atoms with Gasteiger partial charge in [-0.2, -0.15) is 0 Å². The number of aromatic nitrogens is 1. The zero-order valence-corrected chi connectivity index (χ0v) is 12.5. The Balaban J connectivity index is 1.96. The second kappa shape index (κ2) is 6.07. The topological polar surface area (TPSA) is 38.9 Å². The van der Waals surface area contributed by atoms with Crippen molar-refractivity contribution in [2.75, 3.05) is 0 Å². The summed E-state index contributed by atoms with van der Waals surface area (Å²) in [5.74, 6) is 0.709. The van der Waals surface area contributed by atoms with Crippen LogP contribution >= 0.6 is 23.3 Å². The number of hydrogen-bond acceptors (Lipinski definition) is 4. The minimum atomic E-state index is 0.709. The van der Waals surface area contributed by atoms with Crippen molar-refractivity contribution in [3.05, 3.63) is 35.2 Å². The number of thiazole rings is 1. The van der Waals surface area contributed by atoms with Gasteiger partial charge in [0.15, 0.2) is 4.34 Å². The fourth-order valence-corrected chi connectivity index (χ4v) is 4.00. The van der Waals surface area contributed by atoms with Crippen molar-refractivity contribution in [2.24, 2.45) is 5.14 Å². The summed E-state index contributed by atoms with van der Waals surface area (Å²) in [7, 11) is 0. The third-order valence-corrected chi connectivity index (χ3v) is 5.37. The van der Waals surface area contributed by atoms with Crippen LogP contribution in [0.3, 0.4) is 0 Å². The summed E-state index contributed by atoms with van der Waals surface area (Å²) in [5, 5.41) is 7.71. The largest absolute Gasteiger partial charge is 0.272 e. The van der Waals surface area contributed by atoms with E-state index in [2.05, 4.69) is 34.6 Å². The average molecular weight is 290 g/mol. The maximum Gasteiger partial charge on any atom is 0.165 e. The molecule has 3 rings (SSSR count). The molecule has 1 fully saturated rings. The van der Waals surface area contributed by atoms with Crippen molar-refractivity contribution in [3.8, 4) is 11.3 Å². The number of nitrogens with two attached hydrogens (primary N) is 1. The third-order valence-electron chi connectivity index (χ3n) is 3.87. The molecule has 19 heavy (non-hydrogen) atoms. The van der Waals surface area contributed by atoms with Crippen molar-refractivity contribution in [2.45, 2.75) is 42.4 Å². The lowest BCUT2D eigenvalue weighted by atomic mass is 9.82. The van der Waals surface area contributed by atoms with Gasteiger partial charge in [-0.3, -0.25) is 5.14 Å². The zero-order chi connectivity index (χ0) is 13.1. The molecule has 0 spiro atoms. The average Bonchev–Trinajstić information content (AvgIpc) is 2.97. The van der Waals surface area contributed by atoms with Crippen LogP contribution in [-0.4, -0.2) is 4.98 Å². The van der Waals surface area contributed by atoms with Gasteiger partial charge in [-0.15, -0.1) is 11.3 Å². The summed E-state index contributed by atoms with van der Waals surface area (Å²) in [4.78, 5) is 4.61. The summed E-state index contributed by atoms with van der Waals surface area (Å²) >= 11 is 2.86. The van der Waals surface area contributed by atoms with Crippen molar-refractivity contribution in [3.63, 3.8) is 0 Å². The second-order valence-electron chi connectivity index (χ2n) is 5.04. The van der Waals surface area contributed by atoms with Gasteiger partial charge in [0, 0.05) is 10.9 Å². The Morgan fingerprint density at radius 1 is 1.16 bits per heavy atom. The van der Waals surface area contributed by atoms with Gasteiger partial charge in [0.25, 0.3) is 0 Å². The molecule has 1 aromatic carbocycles. The molecule has 0 bridgehead atoms. The molecule has 2 nitrogen and oxygen atoms in total. The molecule has 1 saturated carbocycles. The SMILES string of the molecule is NSc1nc(-c2ccccc2C2CCCCC2)cs1. The van der Waals surface area contributed by atoms with E-state index in [4.69, 9.17) is 5.14 Å². The first-order valence-corrected chi connectivity index (χ1v) is 8.56. The van der Waals surface area contributed by atoms with Crippen molar-refractivity contribution in [1.82, 2.24) is 4.98 Å². The van der Waals surface area contributed by atoms with E-state index in [0.29, 0.717) is 5.92 Å². The van der Waals surface area contributed by atoms with Gasteiger partial charge in [0.2, 0.25) is 0 Å². The Kier molecular flexibility index (Phi) is 4.21. The summed E-state index contributed by atoms with van der Waals surface area (Å²) < 4.78 is 0.938. The predicted octanol–water partition coefficient (Wildman–Crippen LogP) is 4.82. The van der Waals surface area contributed by atoms with Crippen LogP contribution in [0.4, 0.5) is 0 Å². The monoisotopic (exact) mass is 290 g/mol. The summed E-state index contributed by atoms with van der Waals surface area (Å²) in [6.07, 6.45) is 6.75. The van der Waals surface area contributed by atoms with E-state index >= 15 is 0 Å². The first kappa shape index (κ1) is 13.2. The van der Waals surface area contributed by atoms with Crippen LogP contribution < -0.4 is 5.14 Å². The van der Waals surface area contributed by atoms with Crippen molar-refractivity contribution < 1.29 is 0 Å². The number of nitrogens with zero attached hydrogens (tertiary/aromatic N) is 1. The highest BCUT2D eigenvalue weighted by Gasteiger charge is 2.19. The van der Waals surface area contributed by atoms with Gasteiger partial charge in [0.05, 0.1) is 5.69 Å². The van der Waals surface area contributed by atoms with Crippen LogP contribution in [0.5, 0.6) is 0 Å². The summed E-state index contributed by atoms with van der Waals surface area (Å²) in [6.45, 7) is 0. The summed E-state index contributed by atoms with van der Waals surface area (Å²) in [6, 6.07) is 8.73. The maximum atomic E-state index is 5.59. The molecule has 0 unspecified atom stereocenters. The van der Waals surface area contributed by atoms with Crippen molar-refractivity contribution in [1.29, 1.82) is 0 Å². The highest BCUT2D eigenvalue weighted by molar-refractivity contribution is 7.98. The Morgan fingerprint density at radius 2 is 1.95 bits per heavy atom. The highest BCUT2D eigenvalue weighted by Crippen LogP contribution is 2.38. The molecule has 1 aliphatic rings. The van der Waals surface area contributed by atoms with E-state index in [0.717, 1.165) is 10.0 Å². The molecule has 4 heteroatoms. The second-order valence-corrected chi connectivity index (χ2v) is 6.78. The van der Waals surface area contributed by atoms with E-state index in [-0.39, 0.29) is 0 Å². The molecular weight excluding hydrogens is 272 g/mol. The Hall–Kier alpha value is -0.840. The fraction of sp³-hybridized carbons (Fsp3) is 0.400. The first-order valence-electron chi connectivity index (χ1n) is 6.80. The lowest BCUT2D eigenvalue weighted by Crippen LogP contribution is -2.05. The van der Waals surface area contributed by atoms with Crippen LogP contribution in [0, 0.1) is 0 Å². The quantitative estimate of drug-likeness (QED) is 0.823. The zero-order valence-electron chi connectivity index (χ0n) is 10.8. The molecule has 0 aliphatic heterocycles. The molecular formula is C15H18N2S2. The van der Waals surface area contributed by atoms with Gasteiger partial charge in [0.1, 0.15) is 0 Å². The molecule has 1 aromatic heterocycles. The molecule has 100 valence electrons. The van der Waals surface area contributed by atoms with Gasteiger partial charge in [-0.1, -0.05) is 43.5 Å². The molecule has 2 aromatic rings. The Morgan fingerprint density at radius 3 is 2.68 bits per heavy atom.